The third-order valence-corrected chi connectivity index (χ3v) is 6.84. The molecule has 1 unspecified atom stereocenters. The molecule has 1 rings (SSSR count). The summed E-state index contributed by atoms with van der Waals surface area (Å²) in [5.41, 5.74) is 6.72. The maximum absolute atomic E-state index is 12.4. The van der Waals surface area contributed by atoms with Gasteiger partial charge in [-0.2, -0.15) is 11.8 Å². The first-order chi connectivity index (χ1) is 15.5. The van der Waals surface area contributed by atoms with Gasteiger partial charge in [0.25, 0.3) is 0 Å². The molecule has 0 aromatic carbocycles. The normalized spacial score (nSPS) is 26.0. The van der Waals surface area contributed by atoms with Crippen LogP contribution in [-0.4, -0.2) is 47.9 Å². The number of thioether (sulfide) groups is 1. The Hall–Kier alpha value is -1.34. The van der Waals surface area contributed by atoms with Crippen LogP contribution >= 0.6 is 11.8 Å². The Kier molecular flexibility index (Phi) is 13.3. The summed E-state index contributed by atoms with van der Waals surface area (Å²) in [5.74, 6) is 0.136. The highest BCUT2D eigenvalue weighted by molar-refractivity contribution is 7.98. The van der Waals surface area contributed by atoms with Gasteiger partial charge in [-0.3, -0.25) is 4.79 Å². The second-order valence-corrected chi connectivity index (χ2v) is 10.5. The summed E-state index contributed by atoms with van der Waals surface area (Å²) >= 11 is 1.64. The first-order valence-electron chi connectivity index (χ1n) is 11.8. The van der Waals surface area contributed by atoms with Crippen molar-refractivity contribution in [2.45, 2.75) is 91.4 Å². The Morgan fingerprint density at radius 2 is 1.67 bits per heavy atom. The summed E-state index contributed by atoms with van der Waals surface area (Å²) in [4.78, 5) is 17.8. The highest BCUT2D eigenvalue weighted by atomic mass is 32.2. The van der Waals surface area contributed by atoms with Crippen LogP contribution in [0.2, 0.25) is 0 Å². The van der Waals surface area contributed by atoms with Gasteiger partial charge < -0.3 is 14.7 Å². The fraction of sp³-hybridized carbons (Fsp3) is 0.667. The van der Waals surface area contributed by atoms with E-state index < -0.39 is 5.60 Å². The molecule has 6 heteroatoms. The predicted octanol–water partition coefficient (Wildman–Crippen LogP) is 5.92. The maximum Gasteiger partial charge on any atom is 0.328 e. The molecular formula is C27H45NO4S. The number of allylic oxidation sites excluding steroid dienone is 6. The minimum atomic E-state index is -0.863. The van der Waals surface area contributed by atoms with E-state index in [1.807, 2.05) is 19.3 Å². The first kappa shape index (κ1) is 29.7. The molecule has 188 valence electrons. The average Bonchev–Trinajstić information content (AvgIpc) is 2.71. The molecule has 33 heavy (non-hydrogen) atoms. The number of methoxy groups -OCH3 is 1. The van der Waals surface area contributed by atoms with Crippen LogP contribution in [0, 0.1) is 5.92 Å². The van der Waals surface area contributed by atoms with Gasteiger partial charge in [0, 0.05) is 18.8 Å². The molecule has 1 saturated carbocycles. The van der Waals surface area contributed by atoms with Crippen molar-refractivity contribution in [3.8, 4) is 0 Å². The maximum atomic E-state index is 12.4. The van der Waals surface area contributed by atoms with Crippen LogP contribution in [0.5, 0.6) is 0 Å². The summed E-state index contributed by atoms with van der Waals surface area (Å²) in [6, 6.07) is -0.187. The summed E-state index contributed by atoms with van der Waals surface area (Å²) in [7, 11) is 1.67. The number of rotatable bonds is 12. The smallest absolute Gasteiger partial charge is 0.328 e. The fourth-order valence-electron chi connectivity index (χ4n) is 4.37. The highest BCUT2D eigenvalue weighted by Gasteiger charge is 2.49. The zero-order chi connectivity index (χ0) is 25.0. The zero-order valence-electron chi connectivity index (χ0n) is 21.9. The van der Waals surface area contributed by atoms with E-state index in [4.69, 9.17) is 9.57 Å². The molecule has 2 N–H and O–H groups in total. The molecule has 1 aliphatic rings. The van der Waals surface area contributed by atoms with Gasteiger partial charge in [-0.1, -0.05) is 46.6 Å². The molecule has 4 atom stereocenters. The molecule has 0 amide bonds. The van der Waals surface area contributed by atoms with Gasteiger partial charge in [0.15, 0.2) is 0 Å². The summed E-state index contributed by atoms with van der Waals surface area (Å²) in [6.07, 6.45) is 13.4. The number of carbonyl (C=O) groups excluding carboxylic acids is 1. The number of hydroxylamine groups is 1. The topological polar surface area (TPSA) is 67.8 Å². The van der Waals surface area contributed by atoms with E-state index in [2.05, 4.69) is 58.3 Å². The van der Waals surface area contributed by atoms with E-state index in [1.54, 1.807) is 18.9 Å². The molecule has 0 aliphatic heterocycles. The van der Waals surface area contributed by atoms with E-state index in [1.165, 1.54) is 11.1 Å². The van der Waals surface area contributed by atoms with Gasteiger partial charge >= 0.3 is 5.97 Å². The Labute approximate surface area is 205 Å². The van der Waals surface area contributed by atoms with Crippen LogP contribution in [-0.2, 0) is 14.4 Å². The Bertz CT molecular complexity index is 747. The molecule has 0 bridgehead atoms. The van der Waals surface area contributed by atoms with Crippen LogP contribution in [0.3, 0.4) is 0 Å². The average molecular weight is 480 g/mol. The van der Waals surface area contributed by atoms with Crippen molar-refractivity contribution in [1.82, 2.24) is 5.48 Å². The number of aliphatic hydroxyl groups is 1. The van der Waals surface area contributed by atoms with E-state index in [-0.39, 0.29) is 30.5 Å². The van der Waals surface area contributed by atoms with Gasteiger partial charge in [0.1, 0.15) is 0 Å². The molecule has 5 nitrogen and oxygen atoms in total. The molecule has 0 aromatic rings. The van der Waals surface area contributed by atoms with Crippen molar-refractivity contribution in [2.24, 2.45) is 5.92 Å². The molecule has 1 aliphatic carbocycles. The van der Waals surface area contributed by atoms with E-state index >= 15 is 0 Å². The minimum Gasteiger partial charge on any atom is -0.388 e. The second-order valence-electron chi connectivity index (χ2n) is 9.66. The predicted molar refractivity (Wildman–Crippen MR) is 140 cm³/mol. The third-order valence-electron chi connectivity index (χ3n) is 6.05. The van der Waals surface area contributed by atoms with Crippen molar-refractivity contribution in [1.29, 1.82) is 0 Å². The van der Waals surface area contributed by atoms with Gasteiger partial charge in [-0.15, -0.1) is 5.48 Å². The van der Waals surface area contributed by atoms with Crippen molar-refractivity contribution >= 4 is 17.7 Å². The van der Waals surface area contributed by atoms with Gasteiger partial charge in [0.05, 0.1) is 24.2 Å². The lowest BCUT2D eigenvalue weighted by Gasteiger charge is -2.48. The lowest BCUT2D eigenvalue weighted by Crippen LogP contribution is -2.59. The molecule has 0 spiro atoms. The minimum absolute atomic E-state index is 0.184. The van der Waals surface area contributed by atoms with Crippen molar-refractivity contribution in [3.63, 3.8) is 0 Å². The molecule has 0 heterocycles. The third kappa shape index (κ3) is 10.2. The van der Waals surface area contributed by atoms with Crippen LogP contribution < -0.4 is 5.48 Å². The van der Waals surface area contributed by atoms with Crippen LogP contribution in [0.25, 0.3) is 0 Å². The number of nitrogens with one attached hydrogen (secondary N) is 1. The zero-order valence-corrected chi connectivity index (χ0v) is 22.7. The highest BCUT2D eigenvalue weighted by Crippen LogP contribution is 2.41. The number of carbonyl (C=O) groups is 1. The standard InChI is InChI=1S/C27H45NO4S/c1-19(2)11-9-13-21(5)17-24(29)32-28-23-15-16-27(30,18-33-8)25(26(23)31-7)22(6)14-10-12-20(3)4/h11-14,23,25-26,28,30H,9-10,15-18H2,1-8H3/b21-13+,22-14+/t23?,25-,26+,27-/m0/s1. The largest absolute Gasteiger partial charge is 0.388 e. The fourth-order valence-corrected chi connectivity index (χ4v) is 5.19. The number of hydrogen-bond acceptors (Lipinski definition) is 6. The molecule has 0 radical (unpaired) electrons. The Balaban J connectivity index is 2.91. The lowest BCUT2D eigenvalue weighted by molar-refractivity contribution is -0.162. The monoisotopic (exact) mass is 479 g/mol. The summed E-state index contributed by atoms with van der Waals surface area (Å²) in [6.45, 7) is 12.3. The van der Waals surface area contributed by atoms with Crippen molar-refractivity contribution in [2.75, 3.05) is 19.1 Å². The first-order valence-corrected chi connectivity index (χ1v) is 13.2. The van der Waals surface area contributed by atoms with Crippen LogP contribution in [0.4, 0.5) is 0 Å². The van der Waals surface area contributed by atoms with E-state index in [0.29, 0.717) is 18.6 Å². The van der Waals surface area contributed by atoms with E-state index in [0.717, 1.165) is 24.0 Å². The van der Waals surface area contributed by atoms with Crippen molar-refractivity contribution < 1.29 is 19.5 Å². The van der Waals surface area contributed by atoms with Crippen molar-refractivity contribution in [3.05, 3.63) is 46.6 Å². The van der Waals surface area contributed by atoms with E-state index in [9.17, 15) is 9.90 Å². The number of hydrogen-bond donors (Lipinski definition) is 2. The summed E-state index contributed by atoms with van der Waals surface area (Å²) in [5, 5.41) is 11.5. The molecule has 0 saturated heterocycles. The molecular weight excluding hydrogens is 434 g/mol. The Morgan fingerprint density at radius 3 is 2.21 bits per heavy atom. The SMILES string of the molecule is CO[C@@H]1C(NOC(=O)C/C(C)=C/CC=C(C)C)CC[C@](O)(CSC)[C@H]1/C(C)=C/CC=C(C)C. The second kappa shape index (κ2) is 14.8. The lowest BCUT2D eigenvalue weighted by atomic mass is 9.69. The quantitative estimate of drug-likeness (QED) is 0.268. The molecule has 0 aromatic heterocycles. The van der Waals surface area contributed by atoms with Crippen LogP contribution in [0.15, 0.2) is 46.6 Å². The van der Waals surface area contributed by atoms with Crippen LogP contribution in [0.1, 0.15) is 73.6 Å². The van der Waals surface area contributed by atoms with Gasteiger partial charge in [-0.25, -0.2) is 0 Å². The molecule has 1 fully saturated rings. The van der Waals surface area contributed by atoms with Gasteiger partial charge in [-0.05, 0) is 73.5 Å². The Morgan fingerprint density at radius 1 is 1.06 bits per heavy atom. The number of ether oxygens (including phenoxy) is 1. The summed E-state index contributed by atoms with van der Waals surface area (Å²) < 4.78 is 5.90. The van der Waals surface area contributed by atoms with Gasteiger partial charge in [0.2, 0.25) is 0 Å².